The quantitative estimate of drug-likeness (QED) is 0.742. The van der Waals surface area contributed by atoms with Crippen LogP contribution < -0.4 is 10.1 Å². The molecular weight excluding hydrogens is 362 g/mol. The fraction of sp³-hybridized carbons (Fsp3) is 0.375. The molecule has 1 fully saturated rings. The lowest BCUT2D eigenvalue weighted by Crippen LogP contribution is -2.52. The lowest BCUT2D eigenvalue weighted by molar-refractivity contribution is -0.121. The molecule has 1 amide bonds. The Morgan fingerprint density at radius 1 is 1.07 bits per heavy atom. The lowest BCUT2D eigenvalue weighted by Gasteiger charge is -2.37. The summed E-state index contributed by atoms with van der Waals surface area (Å²) >= 11 is 0. The smallest absolute Gasteiger partial charge is 0.241 e. The average Bonchev–Trinajstić information content (AvgIpc) is 2.76. The fourth-order valence-electron chi connectivity index (χ4n) is 3.49. The Morgan fingerprint density at radius 2 is 1.76 bits per heavy atom. The van der Waals surface area contributed by atoms with E-state index in [-0.39, 0.29) is 11.9 Å². The van der Waals surface area contributed by atoms with Gasteiger partial charge in [-0.2, -0.15) is 0 Å². The van der Waals surface area contributed by atoms with E-state index in [0.717, 1.165) is 38.4 Å². The predicted molar refractivity (Wildman–Crippen MR) is 119 cm³/mol. The van der Waals surface area contributed by atoms with Crippen molar-refractivity contribution in [2.45, 2.75) is 19.9 Å². The molecule has 1 aliphatic heterocycles. The molecule has 1 aliphatic rings. The zero-order valence-corrected chi connectivity index (χ0v) is 17.4. The Labute approximate surface area is 174 Å². The maximum atomic E-state index is 12.7. The summed E-state index contributed by atoms with van der Waals surface area (Å²) in [6.45, 7) is 9.13. The summed E-state index contributed by atoms with van der Waals surface area (Å²) in [6.07, 6.45) is 4.38. The van der Waals surface area contributed by atoms with Crippen molar-refractivity contribution in [1.82, 2.24) is 9.80 Å². The molecule has 1 heterocycles. The molecule has 2 aromatic rings. The Balaban J connectivity index is 1.46. The highest BCUT2D eigenvalue weighted by molar-refractivity contribution is 5.95. The summed E-state index contributed by atoms with van der Waals surface area (Å²) in [7, 11) is 0. The van der Waals surface area contributed by atoms with Crippen molar-refractivity contribution in [3.8, 4) is 5.75 Å². The van der Waals surface area contributed by atoms with Gasteiger partial charge < -0.3 is 10.1 Å². The number of hydrogen-bond donors (Lipinski definition) is 1. The summed E-state index contributed by atoms with van der Waals surface area (Å²) in [5.74, 6) is 0.722. The first-order chi connectivity index (χ1) is 14.2. The van der Waals surface area contributed by atoms with Crippen LogP contribution in [0.5, 0.6) is 5.75 Å². The molecule has 0 unspecified atom stereocenters. The van der Waals surface area contributed by atoms with Crippen molar-refractivity contribution in [3.63, 3.8) is 0 Å². The van der Waals surface area contributed by atoms with Crippen molar-refractivity contribution in [2.24, 2.45) is 0 Å². The van der Waals surface area contributed by atoms with Crippen molar-refractivity contribution >= 4 is 17.7 Å². The number of anilines is 1. The maximum absolute atomic E-state index is 12.7. The zero-order chi connectivity index (χ0) is 20.5. The van der Waals surface area contributed by atoms with E-state index in [2.05, 4.69) is 51.5 Å². The molecule has 5 nitrogen and oxygen atoms in total. The second kappa shape index (κ2) is 10.8. The molecule has 0 saturated carbocycles. The third-order valence-electron chi connectivity index (χ3n) is 5.25. The van der Waals surface area contributed by atoms with Crippen molar-refractivity contribution < 1.29 is 9.53 Å². The third-order valence-corrected chi connectivity index (χ3v) is 5.25. The highest BCUT2D eigenvalue weighted by Crippen LogP contribution is 2.24. The Morgan fingerprint density at radius 3 is 2.48 bits per heavy atom. The number of hydrogen-bond acceptors (Lipinski definition) is 4. The summed E-state index contributed by atoms with van der Waals surface area (Å²) in [6, 6.07) is 17.8. The van der Waals surface area contributed by atoms with E-state index in [4.69, 9.17) is 4.74 Å². The topological polar surface area (TPSA) is 44.8 Å². The van der Waals surface area contributed by atoms with Crippen LogP contribution in [-0.2, 0) is 4.79 Å². The molecule has 0 radical (unpaired) electrons. The van der Waals surface area contributed by atoms with Gasteiger partial charge in [-0.05, 0) is 31.5 Å². The largest absolute Gasteiger partial charge is 0.492 e. The molecule has 0 bridgehead atoms. The van der Waals surface area contributed by atoms with Gasteiger partial charge in [-0.25, -0.2) is 0 Å². The van der Waals surface area contributed by atoms with Gasteiger partial charge in [0, 0.05) is 32.7 Å². The predicted octanol–water partition coefficient (Wildman–Crippen LogP) is 3.74. The van der Waals surface area contributed by atoms with Gasteiger partial charge in [0.2, 0.25) is 5.91 Å². The van der Waals surface area contributed by atoms with E-state index < -0.39 is 0 Å². The average molecular weight is 394 g/mol. The number of amides is 1. The van der Waals surface area contributed by atoms with Crippen LogP contribution >= 0.6 is 0 Å². The molecule has 3 rings (SSSR count). The number of piperazine rings is 1. The third kappa shape index (κ3) is 6.17. The Bertz CT molecular complexity index is 799. The SMILES string of the molecule is CCOc1ccccc1NC(=O)[C@@H](C)N1CCN(C/C=C/c2ccccc2)CC1. The van der Waals surface area contributed by atoms with E-state index >= 15 is 0 Å². The van der Waals surface area contributed by atoms with Gasteiger partial charge in [0.25, 0.3) is 0 Å². The van der Waals surface area contributed by atoms with E-state index in [9.17, 15) is 4.79 Å². The maximum Gasteiger partial charge on any atom is 0.241 e. The summed E-state index contributed by atoms with van der Waals surface area (Å²) in [5, 5.41) is 3.03. The van der Waals surface area contributed by atoms with Crippen LogP contribution in [0.4, 0.5) is 5.69 Å². The van der Waals surface area contributed by atoms with E-state index in [1.165, 1.54) is 5.56 Å². The van der Waals surface area contributed by atoms with Crippen LogP contribution in [0.1, 0.15) is 19.4 Å². The van der Waals surface area contributed by atoms with Crippen LogP contribution in [-0.4, -0.2) is 61.1 Å². The lowest BCUT2D eigenvalue weighted by atomic mass is 10.2. The second-order valence-corrected chi connectivity index (χ2v) is 7.24. The highest BCUT2D eigenvalue weighted by atomic mass is 16.5. The van der Waals surface area contributed by atoms with Crippen LogP contribution in [0.25, 0.3) is 6.08 Å². The van der Waals surface area contributed by atoms with Crippen LogP contribution in [0, 0.1) is 0 Å². The Hall–Kier alpha value is -2.63. The number of ether oxygens (including phenoxy) is 1. The first-order valence-corrected chi connectivity index (χ1v) is 10.4. The van der Waals surface area contributed by atoms with Gasteiger partial charge in [0.05, 0.1) is 18.3 Å². The molecule has 154 valence electrons. The van der Waals surface area contributed by atoms with Crippen LogP contribution in [0.3, 0.4) is 0 Å². The first-order valence-electron chi connectivity index (χ1n) is 10.4. The van der Waals surface area contributed by atoms with Gasteiger partial charge in [0.1, 0.15) is 5.75 Å². The van der Waals surface area contributed by atoms with Crippen LogP contribution in [0.2, 0.25) is 0 Å². The van der Waals surface area contributed by atoms with Gasteiger partial charge >= 0.3 is 0 Å². The molecule has 5 heteroatoms. The van der Waals surface area contributed by atoms with Crippen molar-refractivity contribution in [1.29, 1.82) is 0 Å². The van der Waals surface area contributed by atoms with Crippen molar-refractivity contribution in [2.75, 3.05) is 44.6 Å². The number of carbonyl (C=O) groups is 1. The minimum atomic E-state index is -0.174. The molecule has 0 aromatic heterocycles. The number of rotatable bonds is 8. The number of benzene rings is 2. The number of carbonyl (C=O) groups excluding carboxylic acids is 1. The standard InChI is InChI=1S/C24H31N3O2/c1-3-29-23-14-8-7-13-22(23)25-24(28)20(2)27-18-16-26(17-19-27)15-9-12-21-10-5-4-6-11-21/h4-14,20H,3,15-19H2,1-2H3,(H,25,28)/b12-9+/t20-/m1/s1. The van der Waals surface area contributed by atoms with E-state index in [1.54, 1.807) is 0 Å². The van der Waals surface area contributed by atoms with Crippen molar-refractivity contribution in [3.05, 3.63) is 66.2 Å². The summed E-state index contributed by atoms with van der Waals surface area (Å²) < 4.78 is 5.61. The van der Waals surface area contributed by atoms with Crippen LogP contribution in [0.15, 0.2) is 60.7 Å². The fourth-order valence-corrected chi connectivity index (χ4v) is 3.49. The highest BCUT2D eigenvalue weighted by Gasteiger charge is 2.25. The van der Waals surface area contributed by atoms with Gasteiger partial charge in [-0.15, -0.1) is 0 Å². The molecule has 0 aliphatic carbocycles. The number of nitrogens with one attached hydrogen (secondary N) is 1. The molecule has 0 spiro atoms. The minimum Gasteiger partial charge on any atom is -0.492 e. The second-order valence-electron chi connectivity index (χ2n) is 7.24. The normalized spacial score (nSPS) is 16.6. The molecule has 29 heavy (non-hydrogen) atoms. The van der Waals surface area contributed by atoms with Gasteiger partial charge in [-0.3, -0.25) is 14.6 Å². The molecule has 1 N–H and O–H groups in total. The zero-order valence-electron chi connectivity index (χ0n) is 17.4. The summed E-state index contributed by atoms with van der Waals surface area (Å²) in [4.78, 5) is 17.4. The molecule has 1 saturated heterocycles. The van der Waals surface area contributed by atoms with E-state index in [1.807, 2.05) is 44.2 Å². The summed E-state index contributed by atoms with van der Waals surface area (Å²) in [5.41, 5.74) is 1.96. The molecule has 2 aromatic carbocycles. The number of para-hydroxylation sites is 2. The molecular formula is C24H31N3O2. The number of nitrogens with zero attached hydrogens (tertiary/aromatic N) is 2. The molecule has 1 atom stereocenters. The minimum absolute atomic E-state index is 0.00887. The monoisotopic (exact) mass is 393 g/mol. The van der Waals surface area contributed by atoms with Gasteiger partial charge in [0.15, 0.2) is 0 Å². The Kier molecular flexibility index (Phi) is 7.85. The first kappa shape index (κ1) is 21.1. The van der Waals surface area contributed by atoms with E-state index in [0.29, 0.717) is 12.4 Å². The van der Waals surface area contributed by atoms with Gasteiger partial charge in [-0.1, -0.05) is 54.6 Å².